The number of halogens is 3. The first-order valence-electron chi connectivity index (χ1n) is 11.8. The van der Waals surface area contributed by atoms with Gasteiger partial charge in [-0.3, -0.25) is 9.69 Å². The van der Waals surface area contributed by atoms with Crippen molar-refractivity contribution >= 4 is 5.91 Å². The van der Waals surface area contributed by atoms with Crippen LogP contribution >= 0.6 is 0 Å². The molecule has 1 saturated heterocycles. The Morgan fingerprint density at radius 2 is 1.86 bits per heavy atom. The molecule has 0 bridgehead atoms. The predicted octanol–water partition coefficient (Wildman–Crippen LogP) is 3.18. The largest absolute Gasteiger partial charge is 0.508 e. The maximum atomic E-state index is 13.5. The standard InChI is InChI=1S/C25H29F3N2O6/c26-25(27,28)22-2-1-10-30(22)15-19(24(33)16-3-8-20-21(14-16)36-13-12-35-20)29-23(32)9-11-34-18-6-4-17(31)5-7-18/h3-8,14,19,22,24,31,33H,1-2,9-13,15H2,(H,29,32)/t19-,22+,24?/m1/s1. The highest BCUT2D eigenvalue weighted by Gasteiger charge is 2.46. The monoisotopic (exact) mass is 510 g/mol. The van der Waals surface area contributed by atoms with Crippen molar-refractivity contribution in [2.45, 2.75) is 43.6 Å². The van der Waals surface area contributed by atoms with Gasteiger partial charge in [-0.15, -0.1) is 0 Å². The van der Waals surface area contributed by atoms with E-state index in [9.17, 15) is 28.2 Å². The smallest absolute Gasteiger partial charge is 0.404 e. The fraction of sp³-hybridized carbons (Fsp3) is 0.480. The molecule has 1 fully saturated rings. The molecule has 2 aromatic rings. The lowest BCUT2D eigenvalue weighted by Gasteiger charge is -2.33. The first-order chi connectivity index (χ1) is 17.2. The van der Waals surface area contributed by atoms with E-state index in [1.165, 1.54) is 17.0 Å². The van der Waals surface area contributed by atoms with Gasteiger partial charge in [0, 0.05) is 6.54 Å². The third-order valence-electron chi connectivity index (χ3n) is 6.24. The zero-order valence-electron chi connectivity index (χ0n) is 19.5. The summed E-state index contributed by atoms with van der Waals surface area (Å²) in [6, 6.07) is 8.18. The molecular weight excluding hydrogens is 481 g/mol. The van der Waals surface area contributed by atoms with Crippen molar-refractivity contribution in [2.75, 3.05) is 32.9 Å². The molecule has 2 aliphatic rings. The molecule has 1 unspecified atom stereocenters. The van der Waals surface area contributed by atoms with Gasteiger partial charge < -0.3 is 29.7 Å². The van der Waals surface area contributed by atoms with E-state index in [1.54, 1.807) is 30.3 Å². The Labute approximate surface area is 206 Å². The summed E-state index contributed by atoms with van der Waals surface area (Å²) in [5.74, 6) is 1.01. The second-order valence-electron chi connectivity index (χ2n) is 8.81. The Morgan fingerprint density at radius 1 is 1.14 bits per heavy atom. The number of rotatable bonds is 9. The van der Waals surface area contributed by atoms with Crippen molar-refractivity contribution in [1.82, 2.24) is 10.2 Å². The zero-order chi connectivity index (χ0) is 25.7. The second kappa shape index (κ2) is 11.3. The molecule has 3 N–H and O–H groups in total. The Bertz CT molecular complexity index is 1030. The summed E-state index contributed by atoms with van der Waals surface area (Å²) in [5.41, 5.74) is 0.396. The molecule has 0 spiro atoms. The lowest BCUT2D eigenvalue weighted by molar-refractivity contribution is -0.177. The molecule has 196 valence electrons. The number of alkyl halides is 3. The van der Waals surface area contributed by atoms with Crippen LogP contribution < -0.4 is 19.5 Å². The van der Waals surface area contributed by atoms with E-state index in [0.29, 0.717) is 42.4 Å². The van der Waals surface area contributed by atoms with Gasteiger partial charge in [0.15, 0.2) is 11.5 Å². The molecule has 0 radical (unpaired) electrons. The van der Waals surface area contributed by atoms with Crippen LogP contribution in [0.2, 0.25) is 0 Å². The van der Waals surface area contributed by atoms with Crippen LogP contribution in [-0.4, -0.2) is 72.2 Å². The van der Waals surface area contributed by atoms with Crippen LogP contribution in [0, 0.1) is 0 Å². The first-order valence-corrected chi connectivity index (χ1v) is 11.8. The summed E-state index contributed by atoms with van der Waals surface area (Å²) in [6.45, 7) is 0.791. The third-order valence-corrected chi connectivity index (χ3v) is 6.24. The van der Waals surface area contributed by atoms with Crippen LogP contribution in [0.25, 0.3) is 0 Å². The molecule has 2 heterocycles. The zero-order valence-corrected chi connectivity index (χ0v) is 19.5. The number of aromatic hydroxyl groups is 1. The number of phenols is 1. The summed E-state index contributed by atoms with van der Waals surface area (Å²) >= 11 is 0. The minimum atomic E-state index is -4.40. The van der Waals surface area contributed by atoms with Crippen molar-refractivity contribution < 1.29 is 42.4 Å². The Morgan fingerprint density at radius 3 is 2.58 bits per heavy atom. The fourth-order valence-electron chi connectivity index (χ4n) is 4.45. The summed E-state index contributed by atoms with van der Waals surface area (Å²) in [5, 5.41) is 23.2. The number of carbonyl (C=O) groups is 1. The fourth-order valence-corrected chi connectivity index (χ4v) is 4.45. The van der Waals surface area contributed by atoms with Gasteiger partial charge >= 0.3 is 6.18 Å². The number of nitrogens with zero attached hydrogens (tertiary/aromatic N) is 1. The van der Waals surface area contributed by atoms with Gasteiger partial charge in [-0.05, 0) is 61.3 Å². The quantitative estimate of drug-likeness (QED) is 0.477. The summed E-state index contributed by atoms with van der Waals surface area (Å²) in [6.07, 6.45) is -5.40. The average molecular weight is 511 g/mol. The number of carbonyl (C=O) groups excluding carboxylic acids is 1. The molecule has 8 nitrogen and oxygen atoms in total. The SMILES string of the molecule is O=C(CCOc1ccc(O)cc1)N[C@H](CN1CCC[C@H]1C(F)(F)F)C(O)c1ccc2c(c1)OCCO2. The number of nitrogens with one attached hydrogen (secondary N) is 1. The van der Waals surface area contributed by atoms with Crippen molar-refractivity contribution in [3.05, 3.63) is 48.0 Å². The van der Waals surface area contributed by atoms with Gasteiger partial charge in [0.25, 0.3) is 0 Å². The number of phenolic OH excluding ortho intramolecular Hbond substituents is 1. The number of likely N-dealkylation sites (tertiary alicyclic amines) is 1. The normalized spacial score (nSPS) is 19.5. The topological polar surface area (TPSA) is 100 Å². The number of aliphatic hydroxyl groups is 1. The molecule has 1 amide bonds. The van der Waals surface area contributed by atoms with Crippen molar-refractivity contribution in [1.29, 1.82) is 0 Å². The van der Waals surface area contributed by atoms with E-state index >= 15 is 0 Å². The van der Waals surface area contributed by atoms with E-state index in [1.807, 2.05) is 0 Å². The van der Waals surface area contributed by atoms with Crippen LogP contribution in [0.4, 0.5) is 13.2 Å². The highest BCUT2D eigenvalue weighted by molar-refractivity contribution is 5.76. The first kappa shape index (κ1) is 25.9. The maximum Gasteiger partial charge on any atom is 0.404 e. The van der Waals surface area contributed by atoms with Gasteiger partial charge in [-0.2, -0.15) is 13.2 Å². The minimum absolute atomic E-state index is 0.0122. The lowest BCUT2D eigenvalue weighted by atomic mass is 10.00. The molecule has 3 atom stereocenters. The van der Waals surface area contributed by atoms with Crippen LogP contribution in [0.3, 0.4) is 0 Å². The Hall–Kier alpha value is -3.18. The number of amides is 1. The van der Waals surface area contributed by atoms with Crippen LogP contribution in [0.15, 0.2) is 42.5 Å². The van der Waals surface area contributed by atoms with Crippen molar-refractivity contribution in [2.24, 2.45) is 0 Å². The molecule has 0 aromatic heterocycles. The van der Waals surface area contributed by atoms with Crippen molar-refractivity contribution in [3.8, 4) is 23.0 Å². The van der Waals surface area contributed by atoms with E-state index in [-0.39, 0.29) is 38.3 Å². The summed E-state index contributed by atoms with van der Waals surface area (Å²) in [7, 11) is 0. The maximum absolute atomic E-state index is 13.5. The van der Waals surface area contributed by atoms with E-state index in [4.69, 9.17) is 14.2 Å². The molecule has 11 heteroatoms. The molecule has 0 saturated carbocycles. The Balaban J connectivity index is 1.45. The summed E-state index contributed by atoms with van der Waals surface area (Å²) in [4.78, 5) is 14.0. The molecule has 0 aliphatic carbocycles. The lowest BCUT2D eigenvalue weighted by Crippen LogP contribution is -2.51. The van der Waals surface area contributed by atoms with E-state index in [0.717, 1.165) is 0 Å². The van der Waals surface area contributed by atoms with E-state index < -0.39 is 30.3 Å². The van der Waals surface area contributed by atoms with Crippen LogP contribution in [-0.2, 0) is 4.79 Å². The highest BCUT2D eigenvalue weighted by Crippen LogP contribution is 2.35. The van der Waals surface area contributed by atoms with Crippen LogP contribution in [0.5, 0.6) is 23.0 Å². The number of ether oxygens (including phenoxy) is 3. The number of hydrogen-bond acceptors (Lipinski definition) is 7. The predicted molar refractivity (Wildman–Crippen MR) is 123 cm³/mol. The van der Waals surface area contributed by atoms with Gasteiger partial charge in [0.1, 0.15) is 36.9 Å². The molecule has 4 rings (SSSR count). The number of aliphatic hydroxyl groups excluding tert-OH is 1. The molecular formula is C25H29F3N2O6. The minimum Gasteiger partial charge on any atom is -0.508 e. The van der Waals surface area contributed by atoms with Gasteiger partial charge in [-0.25, -0.2) is 0 Å². The third kappa shape index (κ3) is 6.52. The second-order valence-corrected chi connectivity index (χ2v) is 8.81. The number of benzene rings is 2. The van der Waals surface area contributed by atoms with Gasteiger partial charge in [0.2, 0.25) is 5.91 Å². The van der Waals surface area contributed by atoms with Gasteiger partial charge in [-0.1, -0.05) is 6.07 Å². The molecule has 36 heavy (non-hydrogen) atoms. The van der Waals surface area contributed by atoms with Crippen LogP contribution in [0.1, 0.15) is 30.9 Å². The van der Waals surface area contributed by atoms with Gasteiger partial charge in [0.05, 0.1) is 19.1 Å². The number of fused-ring (bicyclic) bond motifs is 1. The average Bonchev–Trinajstić information content (AvgIpc) is 3.33. The van der Waals surface area contributed by atoms with Crippen molar-refractivity contribution in [3.63, 3.8) is 0 Å². The summed E-state index contributed by atoms with van der Waals surface area (Å²) < 4.78 is 57.1. The van der Waals surface area contributed by atoms with E-state index in [2.05, 4.69) is 5.32 Å². The Kier molecular flexibility index (Phi) is 8.10. The number of hydrogen-bond donors (Lipinski definition) is 3. The highest BCUT2D eigenvalue weighted by atomic mass is 19.4. The molecule has 2 aliphatic heterocycles. The molecule has 2 aromatic carbocycles.